The first-order chi connectivity index (χ1) is 11.3. The van der Waals surface area contributed by atoms with Gasteiger partial charge in [-0.2, -0.15) is 13.2 Å². The van der Waals surface area contributed by atoms with Crippen molar-refractivity contribution in [1.29, 1.82) is 0 Å². The second-order valence-electron chi connectivity index (χ2n) is 5.31. The molecule has 0 aromatic heterocycles. The molecule has 24 heavy (non-hydrogen) atoms. The number of rotatable bonds is 5. The molecule has 128 valence electrons. The Morgan fingerprint density at radius 3 is 2.25 bits per heavy atom. The van der Waals surface area contributed by atoms with Gasteiger partial charge in [-0.15, -0.1) is 0 Å². The van der Waals surface area contributed by atoms with Gasteiger partial charge in [-0.05, 0) is 17.2 Å². The second kappa shape index (κ2) is 7.35. The van der Waals surface area contributed by atoms with Gasteiger partial charge in [0.15, 0.2) is 0 Å². The third kappa shape index (κ3) is 4.48. The fourth-order valence-corrected chi connectivity index (χ4v) is 2.39. The van der Waals surface area contributed by atoms with Gasteiger partial charge in [-0.25, -0.2) is 4.79 Å². The van der Waals surface area contributed by atoms with E-state index in [2.05, 4.69) is 0 Å². The molecule has 7 heteroatoms. The normalized spacial score (nSPS) is 12.7. The van der Waals surface area contributed by atoms with E-state index in [-0.39, 0.29) is 18.7 Å². The minimum atomic E-state index is -4.59. The molecule has 3 N–H and O–H groups in total. The summed E-state index contributed by atoms with van der Waals surface area (Å²) in [6.45, 7) is -0.237. The van der Waals surface area contributed by atoms with Crippen LogP contribution in [0.4, 0.5) is 18.0 Å². The largest absolute Gasteiger partial charge is 0.416 e. The third-order valence-electron chi connectivity index (χ3n) is 3.55. The number of benzene rings is 2. The van der Waals surface area contributed by atoms with Crippen molar-refractivity contribution in [2.24, 2.45) is 5.73 Å². The lowest BCUT2D eigenvalue weighted by atomic mass is 10.0. The van der Waals surface area contributed by atoms with Gasteiger partial charge in [0.05, 0.1) is 18.2 Å². The molecule has 0 saturated heterocycles. The van der Waals surface area contributed by atoms with Crippen molar-refractivity contribution < 1.29 is 23.1 Å². The number of primary amides is 1. The van der Waals surface area contributed by atoms with Gasteiger partial charge in [0, 0.05) is 6.54 Å². The smallest absolute Gasteiger partial charge is 0.387 e. The van der Waals surface area contributed by atoms with Crippen LogP contribution in [0.5, 0.6) is 0 Å². The van der Waals surface area contributed by atoms with E-state index in [9.17, 15) is 23.1 Å². The zero-order chi connectivity index (χ0) is 17.7. The molecule has 2 rings (SSSR count). The molecule has 0 spiro atoms. The first-order valence-electron chi connectivity index (χ1n) is 7.21. The monoisotopic (exact) mass is 338 g/mol. The number of alkyl halides is 3. The highest BCUT2D eigenvalue weighted by Gasteiger charge is 2.35. The summed E-state index contributed by atoms with van der Waals surface area (Å²) in [5.74, 6) is 0. The Morgan fingerprint density at radius 1 is 1.08 bits per heavy atom. The van der Waals surface area contributed by atoms with Crippen molar-refractivity contribution in [3.8, 4) is 0 Å². The van der Waals surface area contributed by atoms with Gasteiger partial charge >= 0.3 is 12.2 Å². The Balaban J connectivity index is 2.20. The van der Waals surface area contributed by atoms with Crippen LogP contribution in [0.15, 0.2) is 54.6 Å². The van der Waals surface area contributed by atoms with Gasteiger partial charge in [0.25, 0.3) is 0 Å². The number of urea groups is 1. The maximum absolute atomic E-state index is 13.0. The van der Waals surface area contributed by atoms with Gasteiger partial charge in [-0.3, -0.25) is 0 Å². The summed E-state index contributed by atoms with van der Waals surface area (Å²) in [6, 6.07) is 12.8. The lowest BCUT2D eigenvalue weighted by molar-refractivity contribution is -0.139. The number of halogens is 3. The quantitative estimate of drug-likeness (QED) is 0.878. The lowest BCUT2D eigenvalue weighted by Gasteiger charge is -2.25. The maximum atomic E-state index is 13.0. The summed E-state index contributed by atoms with van der Waals surface area (Å²) >= 11 is 0. The Morgan fingerprint density at radius 2 is 1.67 bits per heavy atom. The molecule has 0 radical (unpaired) electrons. The maximum Gasteiger partial charge on any atom is 0.416 e. The van der Waals surface area contributed by atoms with Crippen LogP contribution < -0.4 is 5.73 Å². The minimum absolute atomic E-state index is 0.0986. The molecule has 0 aliphatic heterocycles. The van der Waals surface area contributed by atoms with Crippen LogP contribution in [0, 0.1) is 0 Å². The summed E-state index contributed by atoms with van der Waals surface area (Å²) in [7, 11) is 0. The standard InChI is InChI=1S/C17H17F3N2O2/c18-17(19,20)14-9-5-4-8-13(14)15(23)11-22(16(21)24)10-12-6-2-1-3-7-12/h1-9,15,23H,10-11H2,(H2,21,24). The highest BCUT2D eigenvalue weighted by Crippen LogP contribution is 2.34. The summed E-state index contributed by atoms with van der Waals surface area (Å²) < 4.78 is 39.1. The Bertz CT molecular complexity index is 690. The predicted molar refractivity (Wildman–Crippen MR) is 82.8 cm³/mol. The van der Waals surface area contributed by atoms with Crippen molar-refractivity contribution in [3.63, 3.8) is 0 Å². The van der Waals surface area contributed by atoms with E-state index in [1.54, 1.807) is 30.3 Å². The average Bonchev–Trinajstić information content (AvgIpc) is 2.54. The highest BCUT2D eigenvalue weighted by atomic mass is 19.4. The molecule has 0 fully saturated rings. The molecular formula is C17H17F3N2O2. The van der Waals surface area contributed by atoms with Crippen LogP contribution in [0.3, 0.4) is 0 Å². The summed E-state index contributed by atoms with van der Waals surface area (Å²) in [6.07, 6.45) is -6.09. The molecule has 2 aromatic rings. The van der Waals surface area contributed by atoms with Crippen molar-refractivity contribution in [2.75, 3.05) is 6.54 Å². The van der Waals surface area contributed by atoms with Crippen LogP contribution in [0.25, 0.3) is 0 Å². The van der Waals surface area contributed by atoms with Crippen molar-refractivity contribution in [3.05, 3.63) is 71.3 Å². The van der Waals surface area contributed by atoms with Crippen molar-refractivity contribution in [1.82, 2.24) is 4.90 Å². The van der Waals surface area contributed by atoms with Gasteiger partial charge < -0.3 is 15.7 Å². The Kier molecular flexibility index (Phi) is 5.46. The second-order valence-corrected chi connectivity index (χ2v) is 5.31. The number of hydrogen-bond donors (Lipinski definition) is 2. The summed E-state index contributed by atoms with van der Waals surface area (Å²) in [5.41, 5.74) is 4.83. The number of carbonyl (C=O) groups is 1. The molecular weight excluding hydrogens is 321 g/mol. The number of aliphatic hydroxyl groups is 1. The molecule has 4 nitrogen and oxygen atoms in total. The molecule has 2 amide bonds. The van der Waals surface area contributed by atoms with E-state index in [4.69, 9.17) is 5.73 Å². The predicted octanol–water partition coefficient (Wildman–Crippen LogP) is 3.32. The Hall–Kier alpha value is -2.54. The van der Waals surface area contributed by atoms with Crippen LogP contribution in [-0.4, -0.2) is 22.6 Å². The summed E-state index contributed by atoms with van der Waals surface area (Å²) in [5, 5.41) is 10.2. The number of amides is 2. The van der Waals surface area contributed by atoms with Gasteiger partial charge in [0.2, 0.25) is 0 Å². The van der Waals surface area contributed by atoms with E-state index < -0.39 is 23.9 Å². The van der Waals surface area contributed by atoms with E-state index in [0.29, 0.717) is 0 Å². The van der Waals surface area contributed by atoms with E-state index in [0.717, 1.165) is 16.5 Å². The molecule has 0 saturated carbocycles. The number of hydrogen-bond acceptors (Lipinski definition) is 2. The number of nitrogens with two attached hydrogens (primary N) is 1. The molecule has 0 heterocycles. The zero-order valence-electron chi connectivity index (χ0n) is 12.7. The summed E-state index contributed by atoms with van der Waals surface area (Å²) in [4.78, 5) is 12.7. The molecule has 0 bridgehead atoms. The molecule has 1 atom stereocenters. The molecule has 1 unspecified atom stereocenters. The third-order valence-corrected chi connectivity index (χ3v) is 3.55. The lowest BCUT2D eigenvalue weighted by Crippen LogP contribution is -2.38. The first-order valence-corrected chi connectivity index (χ1v) is 7.21. The van der Waals surface area contributed by atoms with Crippen LogP contribution in [-0.2, 0) is 12.7 Å². The van der Waals surface area contributed by atoms with Crippen LogP contribution in [0.1, 0.15) is 22.8 Å². The number of nitrogens with zero attached hydrogens (tertiary/aromatic N) is 1. The Labute approximate surface area is 137 Å². The van der Waals surface area contributed by atoms with Crippen molar-refractivity contribution in [2.45, 2.75) is 18.8 Å². The number of aliphatic hydroxyl groups excluding tert-OH is 1. The molecule has 0 aliphatic carbocycles. The van der Waals surface area contributed by atoms with Crippen molar-refractivity contribution >= 4 is 6.03 Å². The van der Waals surface area contributed by atoms with E-state index in [1.807, 2.05) is 0 Å². The topological polar surface area (TPSA) is 66.6 Å². The fourth-order valence-electron chi connectivity index (χ4n) is 2.39. The molecule has 2 aromatic carbocycles. The SMILES string of the molecule is NC(=O)N(Cc1ccccc1)CC(O)c1ccccc1C(F)(F)F. The van der Waals surface area contributed by atoms with Gasteiger partial charge in [-0.1, -0.05) is 48.5 Å². The highest BCUT2D eigenvalue weighted by molar-refractivity contribution is 5.72. The van der Waals surface area contributed by atoms with Crippen LogP contribution >= 0.6 is 0 Å². The van der Waals surface area contributed by atoms with E-state index in [1.165, 1.54) is 18.2 Å². The first kappa shape index (κ1) is 17.8. The molecule has 0 aliphatic rings. The van der Waals surface area contributed by atoms with Gasteiger partial charge in [0.1, 0.15) is 0 Å². The fraction of sp³-hybridized carbons (Fsp3) is 0.235. The zero-order valence-corrected chi connectivity index (χ0v) is 12.7. The minimum Gasteiger partial charge on any atom is -0.387 e. The van der Waals surface area contributed by atoms with Crippen LogP contribution in [0.2, 0.25) is 0 Å². The average molecular weight is 338 g/mol. The number of carbonyl (C=O) groups excluding carboxylic acids is 1. The van der Waals surface area contributed by atoms with E-state index >= 15 is 0 Å².